The molecule has 32 aromatic rings. The monoisotopic (exact) mass is 1930 g/mol. The van der Waals surface area contributed by atoms with Gasteiger partial charge in [-0.15, -0.1) is 0 Å². The number of rotatable bonds is 11. The van der Waals surface area contributed by atoms with Crippen LogP contribution >= 0.6 is 0 Å². The van der Waals surface area contributed by atoms with E-state index in [-0.39, 0.29) is 75.8 Å². The van der Waals surface area contributed by atoms with Crippen LogP contribution in [-0.2, 0) is 0 Å². The molecule has 0 saturated heterocycles. The maximum Gasteiger partial charge on any atom is 0.238 e. The highest BCUT2D eigenvalue weighted by atomic mass is 15.2. The molecule has 150 heavy (non-hydrogen) atoms. The van der Waals surface area contributed by atoms with Crippen molar-refractivity contribution in [1.82, 2.24) is 48.2 Å². The van der Waals surface area contributed by atoms with Crippen LogP contribution in [0.2, 0.25) is 0 Å². The molecule has 0 fully saturated rings. The summed E-state index contributed by atoms with van der Waals surface area (Å²) in [7, 11) is 0. The van der Waals surface area contributed by atoms with E-state index in [1.54, 1.807) is 65.2 Å². The largest absolute Gasteiger partial charge is 0.309 e. The van der Waals surface area contributed by atoms with E-state index in [2.05, 4.69) is 191 Å². The fourth-order valence-corrected chi connectivity index (χ4v) is 22.8. The van der Waals surface area contributed by atoms with Crippen molar-refractivity contribution in [3.8, 4) is 102 Å². The molecule has 0 aliphatic carbocycles. The molecule has 32 rings (SSSR count). The zero-order valence-corrected chi connectivity index (χ0v) is 79.7. The van der Waals surface area contributed by atoms with Crippen LogP contribution in [0.5, 0.6) is 0 Å². The van der Waals surface area contributed by atoms with Crippen LogP contribution in [0.4, 0.5) is 0 Å². The number of hydrogen-bond donors (Lipinski definition) is 0. The first-order valence-corrected chi connectivity index (χ1v) is 49.5. The van der Waals surface area contributed by atoms with Gasteiger partial charge < -0.3 is 13.7 Å². The number of para-hydroxylation sites is 3. The van der Waals surface area contributed by atoms with Gasteiger partial charge in [0.1, 0.15) is 0 Å². The van der Waals surface area contributed by atoms with Crippen molar-refractivity contribution in [2.75, 3.05) is 0 Å². The lowest BCUT2D eigenvalue weighted by Crippen LogP contribution is -2.07. The Labute approximate surface area is 891 Å². The number of aryl methyl sites for hydroxylation is 2. The normalized spacial score (nSPS) is 14.1. The van der Waals surface area contributed by atoms with Crippen molar-refractivity contribution in [1.29, 1.82) is 0 Å². The number of hydrogen-bond acceptors (Lipinski definition) is 6. The molecule has 0 N–H and O–H groups in total. The molecule has 6 heterocycles. The summed E-state index contributed by atoms with van der Waals surface area (Å²) in [6, 6.07) is 129. The Morgan fingerprint density at radius 2 is 0.500 bits per heavy atom. The first-order chi connectivity index (χ1) is 82.8. The average Bonchev–Trinajstić information content (AvgIpc) is 1.48. The molecule has 0 bridgehead atoms. The molecule has 10 heteroatoms. The van der Waals surface area contributed by atoms with Crippen LogP contribution in [0.3, 0.4) is 0 Å². The predicted octanol–water partition coefficient (Wildman–Crippen LogP) is 36.5. The molecule has 0 spiro atoms. The highest BCUT2D eigenvalue weighted by Gasteiger charge is 2.28. The molecule has 10 nitrogen and oxygen atoms in total. The quantitative estimate of drug-likeness (QED) is 0.120. The Morgan fingerprint density at radius 3 is 0.920 bits per heavy atom. The molecule has 0 saturated carbocycles. The molecular weight excluding hydrogens is 1820 g/mol. The van der Waals surface area contributed by atoms with E-state index in [0.717, 1.165) is 179 Å². The number of aromatic nitrogens is 10. The van der Waals surface area contributed by atoms with E-state index in [0.29, 0.717) is 83.8 Å². The summed E-state index contributed by atoms with van der Waals surface area (Å²) in [5, 5.41) is 27.3. The summed E-state index contributed by atoms with van der Waals surface area (Å²) in [5.41, 5.74) is 13.2. The SMILES string of the molecule is [2H]C([2H])([2H])c1cc2cc(-n3c4cc5ccccc5cc4c4cc5ccccc5cc43)cc3c(C([2H])([2H])[2H])cc4cc(-n5c6cc7ccccc7cc6c6cc7ccccc7cc65)cc1c4c23.[2H]c1c([2H])c([2H])c(-c2cccc(-c3nc(-c4cccc(-c5c([2H])c([2H])c([2H])c([2H])c5[2H])c4)nc(-c4cc5ccc6cccc7ccc(c4)c5c67)n3)c2)c([2H])c1[2H].[2H]c1c([2H])c([2H])c(-n2c3ccccc3c3ccc4c5ccccc5n(-c5nc(-c6ccccc6)nc(-c6ccccc6)n5)c4c32)c([2H])c1[2H]. The van der Waals surface area contributed by atoms with E-state index < -0.39 is 68.1 Å². The summed E-state index contributed by atoms with van der Waals surface area (Å²) in [4.78, 5) is 29.9. The molecule has 698 valence electrons. The second-order valence-corrected chi connectivity index (χ2v) is 38.1. The van der Waals surface area contributed by atoms with Gasteiger partial charge in [0.25, 0.3) is 0 Å². The molecule has 26 aromatic carbocycles. The van der Waals surface area contributed by atoms with Crippen LogP contribution in [-0.4, -0.2) is 48.2 Å². The van der Waals surface area contributed by atoms with E-state index in [1.807, 2.05) is 168 Å². The lowest BCUT2D eigenvalue weighted by Gasteiger charge is -2.19. The van der Waals surface area contributed by atoms with Gasteiger partial charge in [-0.1, -0.05) is 376 Å². The molecule has 0 aliphatic heterocycles. The highest BCUT2D eigenvalue weighted by molar-refractivity contribution is 6.29. The topological polar surface area (TPSA) is 97.1 Å². The van der Waals surface area contributed by atoms with Gasteiger partial charge in [-0.25, -0.2) is 19.9 Å². The van der Waals surface area contributed by atoms with E-state index in [9.17, 15) is 0 Å². The third-order valence-corrected chi connectivity index (χ3v) is 29.5. The lowest BCUT2D eigenvalue weighted by atomic mass is 9.88. The molecule has 6 aromatic heterocycles. The van der Waals surface area contributed by atoms with Crippen LogP contribution < -0.4 is 0 Å². The minimum absolute atomic E-state index is 0.0469. The fraction of sp³-hybridized carbons (Fsp3) is 0.0143. The van der Waals surface area contributed by atoms with Crippen LogP contribution in [0.1, 0.15) is 39.9 Å². The van der Waals surface area contributed by atoms with Crippen LogP contribution in [0.25, 0.3) is 297 Å². The van der Waals surface area contributed by atoms with Crippen molar-refractivity contribution in [3.05, 3.63) is 508 Å². The first-order valence-electron chi connectivity index (χ1n) is 60.0. The van der Waals surface area contributed by atoms with E-state index in [1.165, 1.54) is 5.39 Å². The first kappa shape index (κ1) is 66.8. The van der Waals surface area contributed by atoms with Gasteiger partial charge in [-0.05, 0) is 276 Å². The van der Waals surface area contributed by atoms with Crippen molar-refractivity contribution < 1.29 is 28.8 Å². The Bertz CT molecular complexity index is 11700. The van der Waals surface area contributed by atoms with Crippen LogP contribution in [0.15, 0.2) is 497 Å². The Balaban J connectivity index is 0.000000115. The van der Waals surface area contributed by atoms with Crippen molar-refractivity contribution in [3.63, 3.8) is 0 Å². The minimum atomic E-state index is -2.49. The van der Waals surface area contributed by atoms with Gasteiger partial charge >= 0.3 is 0 Å². The molecule has 0 aliphatic rings. The fourth-order valence-electron chi connectivity index (χ4n) is 22.8. The van der Waals surface area contributed by atoms with Gasteiger partial charge in [0.15, 0.2) is 29.1 Å². The number of benzene rings is 26. The second-order valence-electron chi connectivity index (χ2n) is 38.1. The summed E-state index contributed by atoms with van der Waals surface area (Å²) in [6.07, 6.45) is 0. The third kappa shape index (κ3) is 14.1. The van der Waals surface area contributed by atoms with Crippen molar-refractivity contribution in [2.45, 2.75) is 13.7 Å². The maximum atomic E-state index is 9.08. The van der Waals surface area contributed by atoms with E-state index >= 15 is 0 Å². The van der Waals surface area contributed by atoms with Crippen molar-refractivity contribution >= 4 is 195 Å². The lowest BCUT2D eigenvalue weighted by molar-refractivity contribution is 0.953. The number of nitrogens with zero attached hydrogens (tertiary/aromatic N) is 10. The van der Waals surface area contributed by atoms with Gasteiger partial charge in [-0.2, -0.15) is 9.97 Å². The summed E-state index contributed by atoms with van der Waals surface area (Å²) >= 11 is 0. The summed E-state index contributed by atoms with van der Waals surface area (Å²) in [6.45, 7) is -4.99. The number of fused-ring (bicyclic) bond motifs is 17. The smallest absolute Gasteiger partial charge is 0.238 e. The third-order valence-electron chi connectivity index (χ3n) is 29.5. The Morgan fingerprint density at radius 1 is 0.173 bits per heavy atom. The van der Waals surface area contributed by atoms with Gasteiger partial charge in [-0.3, -0.25) is 4.57 Å². The zero-order valence-electron chi connectivity index (χ0n) is 101. The summed E-state index contributed by atoms with van der Waals surface area (Å²) < 4.78 is 189. The molecule has 0 unspecified atom stereocenters. The average molecular weight is 1930 g/mol. The maximum absolute atomic E-state index is 9.08. The molecular formula is C140H88N10. The Kier molecular flexibility index (Phi) is 15.3. The molecule has 0 amide bonds. The molecule has 0 atom stereocenters. The van der Waals surface area contributed by atoms with E-state index in [4.69, 9.17) is 58.7 Å². The highest BCUT2D eigenvalue weighted by Crippen LogP contribution is 2.49. The zero-order chi connectivity index (χ0) is 117. The van der Waals surface area contributed by atoms with Gasteiger partial charge in [0, 0.05) is 96.2 Å². The summed E-state index contributed by atoms with van der Waals surface area (Å²) in [5.74, 6) is 2.25. The second kappa shape index (κ2) is 34.4. The van der Waals surface area contributed by atoms with Crippen LogP contribution in [0, 0.1) is 13.7 Å². The standard InChI is InChI=1S/C58H36N2.C43H27N3.C39H25N5/c1-33-19-43-21-46(60-55-29-41-17-9-5-13-37(41)25-51(55)52-26-38-14-6-10-18-42(38)30-56(52)60)32-48-34(2)20-44-22-45(31-47(33)57(44)58(43)48)59-53-27-39-15-7-3-11-35(39)23-49(53)50-24-36-12-4-8-16-40(36)28-54(50)59;1-3-10-28(11-4-1)32-16-8-18-36(24-32)41-44-42(37-19-9-17-33(25-37)29-12-5-2-6-13-29)46-43(45-41)38-26-34-22-20-30-14-7-15-31-21-23-35(27-38)40(34)39(30)31;1-4-14-26(15-5-1)37-40-38(27-16-6-2-7-17-27)42-39(41-37)44-34-23-13-11-21-30(34)32-25-24-31-29-20-10-12-22-33(29)43(35(31)36(32)44)28-18-8-3-9-19-28/h3-32H,1-2H3;1-27H;1-25H/i1D3,2D3;1D,2D,3D,4D,5D,6D,10D,11D,12D,13D;3D,8D,9D,18D,19D. The minimum Gasteiger partial charge on any atom is -0.309 e. The molecule has 0 radical (unpaired) electrons. The Hall–Kier alpha value is -19.9. The van der Waals surface area contributed by atoms with Crippen molar-refractivity contribution in [2.24, 2.45) is 0 Å². The van der Waals surface area contributed by atoms with Gasteiger partial charge in [0.05, 0.1) is 64.7 Å². The van der Waals surface area contributed by atoms with Gasteiger partial charge in [0.2, 0.25) is 5.95 Å². The predicted molar refractivity (Wildman–Crippen MR) is 628 cm³/mol.